The minimum absolute atomic E-state index is 0.0735. The lowest BCUT2D eigenvalue weighted by molar-refractivity contribution is -0.131. The van der Waals surface area contributed by atoms with Crippen LogP contribution in [0.4, 0.5) is 5.69 Å². The number of likely N-dealkylation sites (tertiary alicyclic amines) is 1. The van der Waals surface area contributed by atoms with E-state index < -0.39 is 0 Å². The third-order valence-electron chi connectivity index (χ3n) is 5.55. The monoisotopic (exact) mass is 363 g/mol. The Morgan fingerprint density at radius 1 is 1.07 bits per heavy atom. The van der Waals surface area contributed by atoms with Gasteiger partial charge >= 0.3 is 0 Å². The second-order valence-electron chi connectivity index (χ2n) is 7.46. The van der Waals surface area contributed by atoms with Crippen LogP contribution in [0.3, 0.4) is 0 Å². The van der Waals surface area contributed by atoms with Gasteiger partial charge in [-0.15, -0.1) is 0 Å². The number of carbonyl (C=O) groups is 2. The number of aromatic nitrogens is 1. The first-order chi connectivity index (χ1) is 13.1. The highest BCUT2D eigenvalue weighted by molar-refractivity contribution is 6.11. The van der Waals surface area contributed by atoms with Gasteiger partial charge in [0.05, 0.1) is 23.7 Å². The SMILES string of the molecule is Cc1ccc(N2C(=O)c3cccnc3C2CC(=O)N2CCCCCC2)cc1. The normalized spacial score (nSPS) is 19.7. The van der Waals surface area contributed by atoms with Crippen molar-refractivity contribution in [2.45, 2.75) is 45.1 Å². The van der Waals surface area contributed by atoms with Crippen molar-refractivity contribution in [3.05, 3.63) is 59.4 Å². The van der Waals surface area contributed by atoms with Gasteiger partial charge in [0, 0.05) is 25.0 Å². The number of hydrogen-bond acceptors (Lipinski definition) is 3. The summed E-state index contributed by atoms with van der Waals surface area (Å²) in [5.41, 5.74) is 3.27. The Kier molecular flexibility index (Phi) is 4.92. The molecule has 0 spiro atoms. The van der Waals surface area contributed by atoms with Gasteiger partial charge in [-0.05, 0) is 44.0 Å². The molecule has 2 aliphatic rings. The Morgan fingerprint density at radius 3 is 2.48 bits per heavy atom. The van der Waals surface area contributed by atoms with Crippen LogP contribution in [0.5, 0.6) is 0 Å². The van der Waals surface area contributed by atoms with Crippen molar-refractivity contribution in [3.8, 4) is 0 Å². The number of hydrogen-bond donors (Lipinski definition) is 0. The Labute approximate surface area is 160 Å². The standard InChI is InChI=1S/C22H25N3O2/c1-16-8-10-17(11-9-16)25-19(21-18(22(25)27)7-6-12-23-21)15-20(26)24-13-4-2-3-5-14-24/h6-12,19H,2-5,13-15H2,1H3. The van der Waals surface area contributed by atoms with Crippen molar-refractivity contribution in [3.63, 3.8) is 0 Å². The number of nitrogens with zero attached hydrogens (tertiary/aromatic N) is 3. The first-order valence-electron chi connectivity index (χ1n) is 9.78. The number of benzene rings is 1. The Morgan fingerprint density at radius 2 is 1.78 bits per heavy atom. The molecule has 1 atom stereocenters. The van der Waals surface area contributed by atoms with E-state index in [1.807, 2.05) is 42.2 Å². The van der Waals surface area contributed by atoms with E-state index in [-0.39, 0.29) is 24.3 Å². The average Bonchev–Trinajstić information content (AvgIpc) is 2.86. The minimum atomic E-state index is -0.341. The number of aryl methyl sites for hydroxylation is 1. The molecule has 5 heteroatoms. The Bertz CT molecular complexity index is 839. The zero-order chi connectivity index (χ0) is 18.8. The van der Waals surface area contributed by atoms with Gasteiger partial charge < -0.3 is 4.90 Å². The quantitative estimate of drug-likeness (QED) is 0.831. The summed E-state index contributed by atoms with van der Waals surface area (Å²) in [5, 5.41) is 0. The molecule has 2 aromatic rings. The van der Waals surface area contributed by atoms with Gasteiger partial charge in [0.15, 0.2) is 0 Å². The van der Waals surface area contributed by atoms with Crippen LogP contribution in [0.1, 0.15) is 59.8 Å². The van der Waals surface area contributed by atoms with Crippen molar-refractivity contribution in [1.29, 1.82) is 0 Å². The number of pyridine rings is 1. The van der Waals surface area contributed by atoms with Crippen molar-refractivity contribution >= 4 is 17.5 Å². The fourth-order valence-corrected chi connectivity index (χ4v) is 4.06. The number of amides is 2. The van der Waals surface area contributed by atoms with Crippen LogP contribution in [-0.2, 0) is 4.79 Å². The molecule has 140 valence electrons. The molecule has 1 aromatic carbocycles. The topological polar surface area (TPSA) is 53.5 Å². The van der Waals surface area contributed by atoms with Crippen LogP contribution >= 0.6 is 0 Å². The van der Waals surface area contributed by atoms with Gasteiger partial charge in [-0.1, -0.05) is 30.5 Å². The van der Waals surface area contributed by atoms with Crippen molar-refractivity contribution in [2.24, 2.45) is 0 Å². The maximum absolute atomic E-state index is 13.1. The summed E-state index contributed by atoms with van der Waals surface area (Å²) in [7, 11) is 0. The van der Waals surface area contributed by atoms with Crippen molar-refractivity contribution in [1.82, 2.24) is 9.88 Å². The van der Waals surface area contributed by atoms with E-state index in [4.69, 9.17) is 0 Å². The summed E-state index contributed by atoms with van der Waals surface area (Å²) in [6.45, 7) is 3.66. The molecule has 5 nitrogen and oxygen atoms in total. The minimum Gasteiger partial charge on any atom is -0.343 e. The largest absolute Gasteiger partial charge is 0.343 e. The highest BCUT2D eigenvalue weighted by Gasteiger charge is 2.40. The number of fused-ring (bicyclic) bond motifs is 1. The first-order valence-corrected chi connectivity index (χ1v) is 9.78. The van der Waals surface area contributed by atoms with Crippen LogP contribution in [0.15, 0.2) is 42.6 Å². The van der Waals surface area contributed by atoms with E-state index in [9.17, 15) is 9.59 Å². The summed E-state index contributed by atoms with van der Waals surface area (Å²) in [5.74, 6) is 0.0425. The predicted molar refractivity (Wildman–Crippen MR) is 105 cm³/mol. The lowest BCUT2D eigenvalue weighted by atomic mass is 10.1. The third-order valence-corrected chi connectivity index (χ3v) is 5.55. The third kappa shape index (κ3) is 3.46. The maximum Gasteiger partial charge on any atom is 0.260 e. The Hall–Kier alpha value is -2.69. The van der Waals surface area contributed by atoms with E-state index in [1.165, 1.54) is 12.8 Å². The second-order valence-corrected chi connectivity index (χ2v) is 7.46. The molecular formula is C22H25N3O2. The van der Waals surface area contributed by atoms with Gasteiger partial charge in [0.25, 0.3) is 5.91 Å². The number of anilines is 1. The average molecular weight is 363 g/mol. The second kappa shape index (κ2) is 7.51. The van der Waals surface area contributed by atoms with Gasteiger partial charge in [0.2, 0.25) is 5.91 Å². The summed E-state index contributed by atoms with van der Waals surface area (Å²) < 4.78 is 0. The highest BCUT2D eigenvalue weighted by Crippen LogP contribution is 2.38. The van der Waals surface area contributed by atoms with Crippen molar-refractivity contribution in [2.75, 3.05) is 18.0 Å². The highest BCUT2D eigenvalue weighted by atomic mass is 16.2. The molecule has 0 N–H and O–H groups in total. The molecule has 3 heterocycles. The lowest BCUT2D eigenvalue weighted by Crippen LogP contribution is -2.36. The molecule has 1 aromatic heterocycles. The molecule has 27 heavy (non-hydrogen) atoms. The molecule has 4 rings (SSSR count). The van der Waals surface area contributed by atoms with Gasteiger partial charge in [-0.3, -0.25) is 19.5 Å². The summed E-state index contributed by atoms with van der Waals surface area (Å²) >= 11 is 0. The first kappa shape index (κ1) is 17.7. The molecule has 1 fully saturated rings. The maximum atomic E-state index is 13.1. The molecule has 2 aliphatic heterocycles. The fraction of sp³-hybridized carbons (Fsp3) is 0.409. The predicted octanol–water partition coefficient (Wildman–Crippen LogP) is 3.88. The summed E-state index contributed by atoms with van der Waals surface area (Å²) in [6, 6.07) is 11.1. The molecule has 2 amide bonds. The van der Waals surface area contributed by atoms with E-state index in [0.29, 0.717) is 11.3 Å². The van der Waals surface area contributed by atoms with Gasteiger partial charge in [-0.25, -0.2) is 0 Å². The molecule has 0 bridgehead atoms. The molecular weight excluding hydrogens is 338 g/mol. The lowest BCUT2D eigenvalue weighted by Gasteiger charge is -2.27. The van der Waals surface area contributed by atoms with Crippen molar-refractivity contribution < 1.29 is 9.59 Å². The van der Waals surface area contributed by atoms with Gasteiger partial charge in [-0.2, -0.15) is 0 Å². The number of carbonyl (C=O) groups excluding carboxylic acids is 2. The number of rotatable bonds is 3. The molecule has 0 aliphatic carbocycles. The zero-order valence-electron chi connectivity index (χ0n) is 15.7. The van der Waals surface area contributed by atoms with Crippen LogP contribution in [0.25, 0.3) is 0 Å². The molecule has 0 saturated carbocycles. The van der Waals surface area contributed by atoms with Gasteiger partial charge in [0.1, 0.15) is 0 Å². The van der Waals surface area contributed by atoms with Crippen LogP contribution in [0, 0.1) is 6.92 Å². The fourth-order valence-electron chi connectivity index (χ4n) is 4.06. The zero-order valence-corrected chi connectivity index (χ0v) is 15.7. The van der Waals surface area contributed by atoms with E-state index in [1.54, 1.807) is 17.2 Å². The molecule has 1 saturated heterocycles. The van der Waals surface area contributed by atoms with Crippen LogP contribution in [-0.4, -0.2) is 34.8 Å². The van der Waals surface area contributed by atoms with Crippen LogP contribution < -0.4 is 4.90 Å². The summed E-state index contributed by atoms with van der Waals surface area (Å²) in [4.78, 5) is 34.3. The van der Waals surface area contributed by atoms with E-state index in [2.05, 4.69) is 4.98 Å². The van der Waals surface area contributed by atoms with E-state index >= 15 is 0 Å². The van der Waals surface area contributed by atoms with E-state index in [0.717, 1.165) is 37.2 Å². The molecule has 0 radical (unpaired) electrons. The smallest absolute Gasteiger partial charge is 0.260 e. The van der Waals surface area contributed by atoms with Crippen LogP contribution in [0.2, 0.25) is 0 Å². The summed E-state index contributed by atoms with van der Waals surface area (Å²) in [6.07, 6.45) is 6.48. The Balaban J connectivity index is 1.65. The molecule has 1 unspecified atom stereocenters.